The standard InChI is InChI=1S/C17H34N2O2/c1-5-11-18-17(4,16(20)21)10-6-7-12-19-13-8-9-14(2)15(19)3/h14-15,18H,5-13H2,1-4H3,(H,20,21). The Morgan fingerprint density at radius 1 is 1.38 bits per heavy atom. The average Bonchev–Trinajstić information content (AvgIpc) is 2.45. The summed E-state index contributed by atoms with van der Waals surface area (Å²) < 4.78 is 0. The highest BCUT2D eigenvalue weighted by molar-refractivity contribution is 5.78. The molecule has 1 saturated heterocycles. The summed E-state index contributed by atoms with van der Waals surface area (Å²) in [5.74, 6) is 0.0603. The fourth-order valence-corrected chi connectivity index (χ4v) is 3.20. The van der Waals surface area contributed by atoms with E-state index in [0.29, 0.717) is 12.5 Å². The Balaban J connectivity index is 2.32. The van der Waals surface area contributed by atoms with E-state index >= 15 is 0 Å². The lowest BCUT2D eigenvalue weighted by atomic mass is 9.91. The summed E-state index contributed by atoms with van der Waals surface area (Å²) >= 11 is 0. The molecule has 3 unspecified atom stereocenters. The van der Waals surface area contributed by atoms with E-state index < -0.39 is 11.5 Å². The lowest BCUT2D eigenvalue weighted by molar-refractivity contribution is -0.144. The lowest BCUT2D eigenvalue weighted by Gasteiger charge is -2.38. The van der Waals surface area contributed by atoms with Crippen molar-refractivity contribution in [3.05, 3.63) is 0 Å². The molecule has 21 heavy (non-hydrogen) atoms. The van der Waals surface area contributed by atoms with Gasteiger partial charge in [-0.25, -0.2) is 0 Å². The molecule has 3 atom stereocenters. The highest BCUT2D eigenvalue weighted by atomic mass is 16.4. The number of nitrogens with one attached hydrogen (secondary N) is 1. The second kappa shape index (κ2) is 8.74. The van der Waals surface area contributed by atoms with Gasteiger partial charge in [0, 0.05) is 6.04 Å². The van der Waals surface area contributed by atoms with Crippen molar-refractivity contribution in [2.75, 3.05) is 19.6 Å². The number of piperidine rings is 1. The van der Waals surface area contributed by atoms with Crippen molar-refractivity contribution in [2.45, 2.75) is 77.8 Å². The molecule has 0 saturated carbocycles. The first kappa shape index (κ1) is 18.4. The number of rotatable bonds is 9. The Bertz CT molecular complexity index is 322. The molecule has 0 amide bonds. The average molecular weight is 298 g/mol. The van der Waals surface area contributed by atoms with Gasteiger partial charge in [-0.3, -0.25) is 4.79 Å². The van der Waals surface area contributed by atoms with Gasteiger partial charge in [-0.15, -0.1) is 0 Å². The van der Waals surface area contributed by atoms with Crippen LogP contribution in [0.5, 0.6) is 0 Å². The lowest BCUT2D eigenvalue weighted by Crippen LogP contribution is -2.49. The molecule has 2 N–H and O–H groups in total. The number of hydrogen-bond acceptors (Lipinski definition) is 3. The minimum Gasteiger partial charge on any atom is -0.480 e. The van der Waals surface area contributed by atoms with E-state index in [1.807, 2.05) is 6.92 Å². The van der Waals surface area contributed by atoms with Gasteiger partial charge in [0.15, 0.2) is 0 Å². The third-order valence-electron chi connectivity index (χ3n) is 5.11. The molecule has 0 aromatic rings. The Morgan fingerprint density at radius 2 is 2.10 bits per heavy atom. The van der Waals surface area contributed by atoms with Gasteiger partial charge in [0.1, 0.15) is 5.54 Å². The van der Waals surface area contributed by atoms with Crippen LogP contribution in [0.2, 0.25) is 0 Å². The Hall–Kier alpha value is -0.610. The summed E-state index contributed by atoms with van der Waals surface area (Å²) in [5, 5.41) is 12.6. The zero-order chi connectivity index (χ0) is 15.9. The third-order valence-corrected chi connectivity index (χ3v) is 5.11. The van der Waals surface area contributed by atoms with Crippen molar-refractivity contribution < 1.29 is 9.90 Å². The monoisotopic (exact) mass is 298 g/mol. The summed E-state index contributed by atoms with van der Waals surface area (Å²) in [6, 6.07) is 0.669. The number of carboxylic acid groups (broad SMARTS) is 1. The molecule has 4 nitrogen and oxygen atoms in total. The predicted octanol–water partition coefficient (Wildman–Crippen LogP) is 3.12. The normalized spacial score (nSPS) is 26.5. The van der Waals surface area contributed by atoms with Crippen LogP contribution in [0.15, 0.2) is 0 Å². The van der Waals surface area contributed by atoms with E-state index in [2.05, 4.69) is 31.0 Å². The number of unbranched alkanes of at least 4 members (excludes halogenated alkanes) is 1. The van der Waals surface area contributed by atoms with Gasteiger partial charge in [-0.1, -0.05) is 13.8 Å². The minimum absolute atomic E-state index is 0.669. The molecule has 1 rings (SSSR count). The molecular formula is C17H34N2O2. The van der Waals surface area contributed by atoms with Gasteiger partial charge in [-0.05, 0) is 77.9 Å². The zero-order valence-corrected chi connectivity index (χ0v) is 14.3. The van der Waals surface area contributed by atoms with Crippen LogP contribution in [0, 0.1) is 5.92 Å². The smallest absolute Gasteiger partial charge is 0.323 e. The fourth-order valence-electron chi connectivity index (χ4n) is 3.20. The maximum absolute atomic E-state index is 11.4. The van der Waals surface area contributed by atoms with E-state index in [9.17, 15) is 9.90 Å². The minimum atomic E-state index is -0.767. The van der Waals surface area contributed by atoms with E-state index in [1.54, 1.807) is 0 Å². The van der Waals surface area contributed by atoms with E-state index in [0.717, 1.165) is 38.3 Å². The van der Waals surface area contributed by atoms with Crippen LogP contribution >= 0.6 is 0 Å². The molecule has 0 bridgehead atoms. The number of carboxylic acids is 1. The van der Waals surface area contributed by atoms with Crippen molar-refractivity contribution in [1.29, 1.82) is 0 Å². The SMILES string of the molecule is CCCNC(C)(CCCCN1CCCC(C)C1C)C(=O)O. The Morgan fingerprint density at radius 3 is 2.71 bits per heavy atom. The first-order chi connectivity index (χ1) is 9.90. The Labute approximate surface area is 130 Å². The summed E-state index contributed by atoms with van der Waals surface area (Å²) in [6.07, 6.45) is 6.38. The maximum atomic E-state index is 11.4. The Kier molecular flexibility index (Phi) is 7.67. The van der Waals surface area contributed by atoms with Crippen LogP contribution in [0.1, 0.15) is 66.2 Å². The largest absolute Gasteiger partial charge is 0.480 e. The van der Waals surface area contributed by atoms with Gasteiger partial charge >= 0.3 is 5.97 Å². The van der Waals surface area contributed by atoms with Crippen LogP contribution in [0.4, 0.5) is 0 Å². The molecule has 1 aliphatic rings. The number of nitrogens with zero attached hydrogens (tertiary/aromatic N) is 1. The fraction of sp³-hybridized carbons (Fsp3) is 0.941. The highest BCUT2D eigenvalue weighted by Crippen LogP contribution is 2.23. The molecule has 0 aromatic heterocycles. The molecular weight excluding hydrogens is 264 g/mol. The topological polar surface area (TPSA) is 52.6 Å². The highest BCUT2D eigenvalue weighted by Gasteiger charge is 2.31. The zero-order valence-electron chi connectivity index (χ0n) is 14.3. The molecule has 124 valence electrons. The number of likely N-dealkylation sites (tertiary alicyclic amines) is 1. The molecule has 0 aliphatic carbocycles. The van der Waals surface area contributed by atoms with Gasteiger partial charge in [0.2, 0.25) is 0 Å². The van der Waals surface area contributed by atoms with Gasteiger partial charge in [0.25, 0.3) is 0 Å². The number of hydrogen-bond donors (Lipinski definition) is 2. The van der Waals surface area contributed by atoms with Crippen molar-refractivity contribution in [2.24, 2.45) is 5.92 Å². The molecule has 1 aliphatic heterocycles. The molecule has 1 fully saturated rings. The second-order valence-corrected chi connectivity index (χ2v) is 6.92. The third kappa shape index (κ3) is 5.59. The summed E-state index contributed by atoms with van der Waals surface area (Å²) in [4.78, 5) is 14.0. The van der Waals surface area contributed by atoms with Crippen molar-refractivity contribution >= 4 is 5.97 Å². The first-order valence-corrected chi connectivity index (χ1v) is 8.63. The van der Waals surface area contributed by atoms with Crippen LogP contribution in [0.25, 0.3) is 0 Å². The quantitative estimate of drug-likeness (QED) is 0.642. The summed E-state index contributed by atoms with van der Waals surface area (Å²) in [5.41, 5.74) is -0.767. The predicted molar refractivity (Wildman–Crippen MR) is 87.6 cm³/mol. The van der Waals surface area contributed by atoms with Crippen molar-refractivity contribution in [3.8, 4) is 0 Å². The van der Waals surface area contributed by atoms with E-state index in [4.69, 9.17) is 0 Å². The second-order valence-electron chi connectivity index (χ2n) is 6.92. The number of aliphatic carboxylic acids is 1. The van der Waals surface area contributed by atoms with Crippen LogP contribution in [0.3, 0.4) is 0 Å². The van der Waals surface area contributed by atoms with Crippen molar-refractivity contribution in [3.63, 3.8) is 0 Å². The molecule has 0 radical (unpaired) electrons. The maximum Gasteiger partial charge on any atom is 0.323 e. The van der Waals surface area contributed by atoms with Gasteiger partial charge in [0.05, 0.1) is 0 Å². The van der Waals surface area contributed by atoms with Gasteiger partial charge < -0.3 is 15.3 Å². The van der Waals surface area contributed by atoms with Crippen molar-refractivity contribution in [1.82, 2.24) is 10.2 Å². The first-order valence-electron chi connectivity index (χ1n) is 8.63. The van der Waals surface area contributed by atoms with Crippen LogP contribution in [-0.4, -0.2) is 47.2 Å². The van der Waals surface area contributed by atoms with Crippen LogP contribution < -0.4 is 5.32 Å². The molecule has 1 heterocycles. The molecule has 4 heteroatoms. The van der Waals surface area contributed by atoms with E-state index in [1.165, 1.54) is 19.4 Å². The number of carbonyl (C=O) groups is 1. The van der Waals surface area contributed by atoms with E-state index in [-0.39, 0.29) is 0 Å². The summed E-state index contributed by atoms with van der Waals surface area (Å²) in [6.45, 7) is 11.6. The molecule has 0 spiro atoms. The summed E-state index contributed by atoms with van der Waals surface area (Å²) in [7, 11) is 0. The van der Waals surface area contributed by atoms with Crippen LogP contribution in [-0.2, 0) is 4.79 Å². The molecule has 0 aromatic carbocycles. The van der Waals surface area contributed by atoms with Gasteiger partial charge in [-0.2, -0.15) is 0 Å².